The third kappa shape index (κ3) is 2.02. The molecule has 72 valence electrons. The van der Waals surface area contributed by atoms with Crippen LogP contribution < -0.4 is 4.74 Å². The van der Waals surface area contributed by atoms with Crippen LogP contribution in [0.25, 0.3) is 0 Å². The van der Waals surface area contributed by atoms with Crippen molar-refractivity contribution >= 4 is 6.21 Å². The number of rotatable bonds is 2. The zero-order chi connectivity index (χ0) is 9.80. The number of para-hydroxylation sites is 1. The molecule has 0 unspecified atom stereocenters. The van der Waals surface area contributed by atoms with E-state index in [1.165, 1.54) is 0 Å². The van der Waals surface area contributed by atoms with Crippen LogP contribution in [0.4, 0.5) is 0 Å². The van der Waals surface area contributed by atoms with Gasteiger partial charge < -0.3 is 4.74 Å². The highest BCUT2D eigenvalue weighted by atomic mass is 16.5. The molecule has 0 atom stereocenters. The van der Waals surface area contributed by atoms with E-state index in [1.54, 1.807) is 0 Å². The molecule has 0 amide bonds. The summed E-state index contributed by atoms with van der Waals surface area (Å²) in [6.45, 7) is 2.03. The molecule has 2 nitrogen and oxygen atoms in total. The highest BCUT2D eigenvalue weighted by Crippen LogP contribution is 2.20. The smallest absolute Gasteiger partial charge is 0.214 e. The summed E-state index contributed by atoms with van der Waals surface area (Å²) in [5.74, 6) is 1.60. The van der Waals surface area contributed by atoms with Crippen molar-refractivity contribution in [1.29, 1.82) is 0 Å². The largest absolute Gasteiger partial charge is 0.439 e. The number of nitrogens with zero attached hydrogens (tertiary/aromatic N) is 1. The van der Waals surface area contributed by atoms with Gasteiger partial charge in [-0.1, -0.05) is 18.2 Å². The standard InChI is InChI=1S/C12H13NO/c1-10-6-2-3-7-11(10)14-12-8-4-5-9-13-12/h2-3,6-9H,4-5H2,1H3. The second-order valence-corrected chi connectivity index (χ2v) is 3.30. The monoisotopic (exact) mass is 187 g/mol. The van der Waals surface area contributed by atoms with Crippen molar-refractivity contribution in [3.8, 4) is 5.75 Å². The molecule has 0 saturated carbocycles. The van der Waals surface area contributed by atoms with Gasteiger partial charge in [-0.2, -0.15) is 0 Å². The Morgan fingerprint density at radius 2 is 2.07 bits per heavy atom. The molecule has 0 bridgehead atoms. The zero-order valence-corrected chi connectivity index (χ0v) is 8.23. The lowest BCUT2D eigenvalue weighted by Crippen LogP contribution is -1.98. The van der Waals surface area contributed by atoms with Crippen molar-refractivity contribution in [2.75, 3.05) is 0 Å². The van der Waals surface area contributed by atoms with Gasteiger partial charge in [0.2, 0.25) is 5.88 Å². The average Bonchev–Trinajstić information content (AvgIpc) is 2.23. The van der Waals surface area contributed by atoms with Gasteiger partial charge in [0.15, 0.2) is 0 Å². The molecule has 2 rings (SSSR count). The summed E-state index contributed by atoms with van der Waals surface area (Å²) < 4.78 is 5.65. The molecular weight excluding hydrogens is 174 g/mol. The van der Waals surface area contributed by atoms with Gasteiger partial charge in [-0.15, -0.1) is 0 Å². The molecule has 14 heavy (non-hydrogen) atoms. The van der Waals surface area contributed by atoms with Gasteiger partial charge in [-0.25, -0.2) is 4.99 Å². The van der Waals surface area contributed by atoms with E-state index in [2.05, 4.69) is 4.99 Å². The third-order valence-electron chi connectivity index (χ3n) is 2.14. The lowest BCUT2D eigenvalue weighted by molar-refractivity contribution is 0.413. The topological polar surface area (TPSA) is 21.6 Å². The quantitative estimate of drug-likeness (QED) is 0.697. The van der Waals surface area contributed by atoms with E-state index in [-0.39, 0.29) is 0 Å². The summed E-state index contributed by atoms with van der Waals surface area (Å²) in [7, 11) is 0. The Hall–Kier alpha value is -1.57. The molecule has 0 fully saturated rings. The second-order valence-electron chi connectivity index (χ2n) is 3.30. The average molecular weight is 187 g/mol. The minimum Gasteiger partial charge on any atom is -0.439 e. The van der Waals surface area contributed by atoms with E-state index in [4.69, 9.17) is 4.74 Å². The Balaban J connectivity index is 2.14. The summed E-state index contributed by atoms with van der Waals surface area (Å²) >= 11 is 0. The van der Waals surface area contributed by atoms with E-state index in [0.717, 1.165) is 24.2 Å². The highest BCUT2D eigenvalue weighted by molar-refractivity contribution is 5.60. The van der Waals surface area contributed by atoms with E-state index in [0.29, 0.717) is 5.88 Å². The molecule has 2 heteroatoms. The predicted octanol–water partition coefficient (Wildman–Crippen LogP) is 3.08. The molecular formula is C12H13NO. The Morgan fingerprint density at radius 3 is 2.79 bits per heavy atom. The molecule has 1 aliphatic rings. The molecule has 0 saturated heterocycles. The van der Waals surface area contributed by atoms with Crippen molar-refractivity contribution in [1.82, 2.24) is 0 Å². The fourth-order valence-electron chi connectivity index (χ4n) is 1.34. The zero-order valence-electron chi connectivity index (χ0n) is 8.23. The maximum absolute atomic E-state index is 5.65. The van der Waals surface area contributed by atoms with Crippen molar-refractivity contribution < 1.29 is 4.74 Å². The van der Waals surface area contributed by atoms with Crippen molar-refractivity contribution in [3.05, 3.63) is 41.8 Å². The van der Waals surface area contributed by atoms with E-state index in [9.17, 15) is 0 Å². The molecule has 1 aliphatic heterocycles. The van der Waals surface area contributed by atoms with Crippen LogP contribution in [0.3, 0.4) is 0 Å². The van der Waals surface area contributed by atoms with Crippen LogP contribution >= 0.6 is 0 Å². The first kappa shape index (κ1) is 9.00. The fourth-order valence-corrected chi connectivity index (χ4v) is 1.34. The number of ether oxygens (including phenoxy) is 1. The number of hydrogen-bond donors (Lipinski definition) is 0. The van der Waals surface area contributed by atoms with Gasteiger partial charge >= 0.3 is 0 Å². The maximum Gasteiger partial charge on any atom is 0.214 e. The minimum absolute atomic E-state index is 0.713. The lowest BCUT2D eigenvalue weighted by atomic mass is 10.2. The molecule has 1 heterocycles. The van der Waals surface area contributed by atoms with Crippen LogP contribution in [-0.4, -0.2) is 6.21 Å². The summed E-state index contributed by atoms with van der Waals surface area (Å²) in [5, 5.41) is 0. The van der Waals surface area contributed by atoms with Crippen molar-refractivity contribution in [3.63, 3.8) is 0 Å². The highest BCUT2D eigenvalue weighted by Gasteiger charge is 2.03. The van der Waals surface area contributed by atoms with Crippen molar-refractivity contribution in [2.24, 2.45) is 4.99 Å². The molecule has 0 spiro atoms. The van der Waals surface area contributed by atoms with Crippen LogP contribution in [-0.2, 0) is 0 Å². The normalized spacial score (nSPS) is 15.1. The van der Waals surface area contributed by atoms with E-state index < -0.39 is 0 Å². The summed E-state index contributed by atoms with van der Waals surface area (Å²) in [5.41, 5.74) is 1.13. The number of hydrogen-bond acceptors (Lipinski definition) is 2. The Bertz CT molecular complexity index is 380. The maximum atomic E-state index is 5.65. The van der Waals surface area contributed by atoms with Gasteiger partial charge in [0, 0.05) is 6.21 Å². The number of aliphatic imine (C=N–C) groups is 1. The molecule has 0 aromatic heterocycles. The first-order chi connectivity index (χ1) is 6.86. The van der Waals surface area contributed by atoms with Gasteiger partial charge in [-0.3, -0.25) is 0 Å². The van der Waals surface area contributed by atoms with Crippen LogP contribution in [0.15, 0.2) is 41.2 Å². The lowest BCUT2D eigenvalue weighted by Gasteiger charge is -2.10. The van der Waals surface area contributed by atoms with Crippen LogP contribution in [0.5, 0.6) is 5.75 Å². The van der Waals surface area contributed by atoms with Crippen LogP contribution in [0, 0.1) is 6.92 Å². The SMILES string of the molecule is Cc1ccccc1OC1=CCCC=N1. The minimum atomic E-state index is 0.713. The fraction of sp³-hybridized carbons (Fsp3) is 0.250. The summed E-state index contributed by atoms with van der Waals surface area (Å²) in [6.07, 6.45) is 5.95. The van der Waals surface area contributed by atoms with Gasteiger partial charge in [0.05, 0.1) is 0 Å². The molecule has 1 aromatic rings. The van der Waals surface area contributed by atoms with Gasteiger partial charge in [-0.05, 0) is 37.5 Å². The molecule has 0 aliphatic carbocycles. The third-order valence-corrected chi connectivity index (χ3v) is 2.14. The molecule has 0 N–H and O–H groups in total. The summed E-state index contributed by atoms with van der Waals surface area (Å²) in [4.78, 5) is 4.18. The Kier molecular flexibility index (Phi) is 2.63. The van der Waals surface area contributed by atoms with E-state index in [1.807, 2.05) is 43.5 Å². The number of allylic oxidation sites excluding steroid dienone is 1. The van der Waals surface area contributed by atoms with Crippen LogP contribution in [0.1, 0.15) is 18.4 Å². The van der Waals surface area contributed by atoms with Crippen molar-refractivity contribution in [2.45, 2.75) is 19.8 Å². The Morgan fingerprint density at radius 1 is 1.21 bits per heavy atom. The van der Waals surface area contributed by atoms with Gasteiger partial charge in [0.25, 0.3) is 0 Å². The van der Waals surface area contributed by atoms with E-state index >= 15 is 0 Å². The molecule has 1 aromatic carbocycles. The first-order valence-electron chi connectivity index (χ1n) is 4.82. The number of benzene rings is 1. The molecule has 0 radical (unpaired) electrons. The predicted molar refractivity (Wildman–Crippen MR) is 57.6 cm³/mol. The van der Waals surface area contributed by atoms with Gasteiger partial charge in [0.1, 0.15) is 5.75 Å². The summed E-state index contributed by atoms with van der Waals surface area (Å²) in [6, 6.07) is 7.96. The number of aryl methyl sites for hydroxylation is 1. The second kappa shape index (κ2) is 4.09. The van der Waals surface area contributed by atoms with Crippen LogP contribution in [0.2, 0.25) is 0 Å². The Labute approximate surface area is 83.9 Å². The first-order valence-corrected chi connectivity index (χ1v) is 4.82.